The van der Waals surface area contributed by atoms with E-state index in [-0.39, 0.29) is 17.1 Å². The smallest absolute Gasteiger partial charge is 0.279 e. The molecule has 8 heteroatoms. The van der Waals surface area contributed by atoms with E-state index in [9.17, 15) is 31.1 Å². The standard InChI is InChI=1S/C7H12.C3F6O.Cu/c1-4-5-6-7(2)3;4-2(5,6)1(10)3(7,8)9;/h5-6H,2,4H2,1,3H3;;. The van der Waals surface area contributed by atoms with E-state index in [1.54, 1.807) is 0 Å². The van der Waals surface area contributed by atoms with Crippen molar-refractivity contribution in [3.8, 4) is 0 Å². The van der Waals surface area contributed by atoms with Gasteiger partial charge in [-0.05, 0) is 13.3 Å². The summed E-state index contributed by atoms with van der Waals surface area (Å²) < 4.78 is 65.3. The number of alkyl halides is 6. The van der Waals surface area contributed by atoms with E-state index in [2.05, 4.69) is 19.6 Å². The normalized spacial score (nSPS) is 11.3. The van der Waals surface area contributed by atoms with Gasteiger partial charge in [0, 0.05) is 17.1 Å². The Morgan fingerprint density at radius 1 is 1.11 bits per heavy atom. The Bertz CT molecular complexity index is 274. The topological polar surface area (TPSA) is 17.1 Å². The average Bonchev–Trinajstić information content (AvgIpc) is 2.11. The zero-order chi connectivity index (χ0) is 14.3. The predicted octanol–water partition coefficient (Wildman–Crippen LogP) is 4.21. The van der Waals surface area contributed by atoms with E-state index in [0.717, 1.165) is 12.0 Å². The molecule has 0 aromatic carbocycles. The third-order valence-corrected chi connectivity index (χ3v) is 1.15. The van der Waals surface area contributed by atoms with Crippen LogP contribution in [-0.4, -0.2) is 18.1 Å². The van der Waals surface area contributed by atoms with Crippen molar-refractivity contribution in [3.05, 3.63) is 24.3 Å². The molecule has 0 bridgehead atoms. The van der Waals surface area contributed by atoms with Crippen LogP contribution in [0, 0.1) is 0 Å². The van der Waals surface area contributed by atoms with E-state index in [0.29, 0.717) is 0 Å². The maximum Gasteiger partial charge on any atom is 0.459 e. The van der Waals surface area contributed by atoms with Crippen LogP contribution in [0.4, 0.5) is 26.3 Å². The minimum atomic E-state index is -5.82. The Labute approximate surface area is 111 Å². The maximum absolute atomic E-state index is 10.9. The van der Waals surface area contributed by atoms with Crippen LogP contribution >= 0.6 is 0 Å². The van der Waals surface area contributed by atoms with E-state index >= 15 is 0 Å². The van der Waals surface area contributed by atoms with Crippen LogP contribution < -0.4 is 0 Å². The number of carbonyl (C=O) groups is 1. The molecule has 18 heavy (non-hydrogen) atoms. The van der Waals surface area contributed by atoms with E-state index < -0.39 is 18.1 Å². The van der Waals surface area contributed by atoms with Crippen LogP contribution in [0.1, 0.15) is 20.3 Å². The van der Waals surface area contributed by atoms with Crippen molar-refractivity contribution in [2.24, 2.45) is 0 Å². The molecule has 0 aliphatic heterocycles. The molecule has 0 N–H and O–H groups in total. The molecule has 111 valence electrons. The van der Waals surface area contributed by atoms with Gasteiger partial charge in [-0.25, -0.2) is 0 Å². The summed E-state index contributed by atoms with van der Waals surface area (Å²) in [5.74, 6) is -3.68. The molecule has 1 radical (unpaired) electrons. The quantitative estimate of drug-likeness (QED) is 0.422. The van der Waals surface area contributed by atoms with Gasteiger partial charge < -0.3 is 0 Å². The summed E-state index contributed by atoms with van der Waals surface area (Å²) in [5.41, 5.74) is 1.13. The minimum Gasteiger partial charge on any atom is -0.279 e. The number of halogens is 6. The Balaban J connectivity index is -0.000000251. The fraction of sp³-hybridized carbons (Fsp3) is 0.500. The Hall–Kier alpha value is -0.751. The van der Waals surface area contributed by atoms with Gasteiger partial charge in [-0.15, -0.1) is 0 Å². The van der Waals surface area contributed by atoms with Crippen LogP contribution in [0.5, 0.6) is 0 Å². The first-order valence-electron chi connectivity index (χ1n) is 4.43. The number of rotatable bonds is 2. The summed E-state index contributed by atoms with van der Waals surface area (Å²) in [7, 11) is 0. The van der Waals surface area contributed by atoms with E-state index in [1.165, 1.54) is 0 Å². The van der Waals surface area contributed by atoms with Gasteiger partial charge in [0.25, 0.3) is 0 Å². The summed E-state index contributed by atoms with van der Waals surface area (Å²) >= 11 is 0. The maximum atomic E-state index is 10.9. The van der Waals surface area contributed by atoms with E-state index in [4.69, 9.17) is 0 Å². The summed E-state index contributed by atoms with van der Waals surface area (Å²) in [6, 6.07) is 0. The van der Waals surface area contributed by atoms with Gasteiger partial charge in [0.1, 0.15) is 0 Å². The molecule has 0 heterocycles. The van der Waals surface area contributed by atoms with Gasteiger partial charge in [0.05, 0.1) is 0 Å². The molecule has 0 saturated heterocycles. The molecule has 0 fully saturated rings. The first-order valence-corrected chi connectivity index (χ1v) is 4.43. The molecule has 0 unspecified atom stereocenters. The van der Waals surface area contributed by atoms with Crippen molar-refractivity contribution in [3.63, 3.8) is 0 Å². The van der Waals surface area contributed by atoms with Crippen molar-refractivity contribution < 1.29 is 48.2 Å². The molecular formula is C10H12CuF6O. The number of ketones is 1. The number of allylic oxidation sites excluding steroid dienone is 3. The van der Waals surface area contributed by atoms with Crippen molar-refractivity contribution in [2.75, 3.05) is 0 Å². The van der Waals surface area contributed by atoms with E-state index in [1.807, 2.05) is 13.0 Å². The largest absolute Gasteiger partial charge is 0.459 e. The molecule has 0 aromatic heterocycles. The molecular weight excluding hydrogens is 314 g/mol. The predicted molar refractivity (Wildman–Crippen MR) is 51.4 cm³/mol. The van der Waals surface area contributed by atoms with Gasteiger partial charge >= 0.3 is 18.1 Å². The average molecular weight is 326 g/mol. The fourth-order valence-electron chi connectivity index (χ4n) is 0.480. The second-order valence-corrected chi connectivity index (χ2v) is 2.98. The van der Waals surface area contributed by atoms with Crippen LogP contribution in [0.15, 0.2) is 24.3 Å². The molecule has 0 spiro atoms. The van der Waals surface area contributed by atoms with Crippen LogP contribution in [0.25, 0.3) is 0 Å². The van der Waals surface area contributed by atoms with Crippen molar-refractivity contribution >= 4 is 5.78 Å². The molecule has 0 saturated carbocycles. The van der Waals surface area contributed by atoms with Gasteiger partial charge in [-0.2, -0.15) is 26.3 Å². The first-order chi connectivity index (χ1) is 7.42. The molecule has 0 aromatic rings. The molecule has 0 aliphatic carbocycles. The van der Waals surface area contributed by atoms with Crippen molar-refractivity contribution in [2.45, 2.75) is 32.6 Å². The van der Waals surface area contributed by atoms with Crippen LogP contribution in [0.2, 0.25) is 0 Å². The zero-order valence-corrected chi connectivity index (χ0v) is 10.5. The number of hydrogen-bond donors (Lipinski definition) is 0. The van der Waals surface area contributed by atoms with Crippen molar-refractivity contribution in [1.29, 1.82) is 0 Å². The Kier molecular flexibility index (Phi) is 11.5. The molecule has 1 nitrogen and oxygen atoms in total. The second-order valence-electron chi connectivity index (χ2n) is 2.98. The Morgan fingerprint density at radius 3 is 1.50 bits per heavy atom. The number of carbonyl (C=O) groups excluding carboxylic acids is 1. The summed E-state index contributed by atoms with van der Waals surface area (Å²) in [5, 5.41) is 0. The molecule has 0 rings (SSSR count). The molecule has 0 amide bonds. The Morgan fingerprint density at radius 2 is 1.44 bits per heavy atom. The minimum absolute atomic E-state index is 0. The number of Topliss-reactive ketones (excluding diaryl/α,β-unsaturated/α-hetero) is 1. The monoisotopic (exact) mass is 325 g/mol. The van der Waals surface area contributed by atoms with Gasteiger partial charge in [-0.3, -0.25) is 4.79 Å². The number of hydrogen-bond acceptors (Lipinski definition) is 1. The molecule has 0 atom stereocenters. The van der Waals surface area contributed by atoms with Crippen LogP contribution in [0.3, 0.4) is 0 Å². The fourth-order valence-corrected chi connectivity index (χ4v) is 0.480. The zero-order valence-electron chi connectivity index (χ0n) is 9.55. The van der Waals surface area contributed by atoms with Crippen LogP contribution in [-0.2, 0) is 21.9 Å². The van der Waals surface area contributed by atoms with Crippen molar-refractivity contribution in [1.82, 2.24) is 0 Å². The molecule has 0 aliphatic rings. The second kappa shape index (κ2) is 9.22. The van der Waals surface area contributed by atoms with Gasteiger partial charge in [-0.1, -0.05) is 31.2 Å². The SMILES string of the molecule is C=C(C)C=CCC.O=C(C(F)(F)F)C(F)(F)F.[Cu]. The third-order valence-electron chi connectivity index (χ3n) is 1.15. The summed E-state index contributed by atoms with van der Waals surface area (Å²) in [4.78, 5) is 9.24. The third kappa shape index (κ3) is 13.3. The first kappa shape index (κ1) is 22.4. The van der Waals surface area contributed by atoms with Gasteiger partial charge in [0.15, 0.2) is 0 Å². The van der Waals surface area contributed by atoms with Gasteiger partial charge in [0.2, 0.25) is 0 Å². The summed E-state index contributed by atoms with van der Waals surface area (Å²) in [6.07, 6.45) is -6.41. The summed E-state index contributed by atoms with van der Waals surface area (Å²) in [6.45, 7) is 7.81.